The van der Waals surface area contributed by atoms with Crippen molar-refractivity contribution in [2.24, 2.45) is 0 Å². The normalized spacial score (nSPS) is 11.2. The predicted octanol–water partition coefficient (Wildman–Crippen LogP) is 1.22. The average Bonchev–Trinajstić information content (AvgIpc) is 2.32. The number of anilines is 1. The Morgan fingerprint density at radius 3 is 2.67 bits per heavy atom. The largest absolute Gasteiger partial charge is 0.328 e. The van der Waals surface area contributed by atoms with Crippen LogP contribution in [0.15, 0.2) is 46.5 Å². The highest BCUT2D eigenvalue weighted by atomic mass is 35.5. The Hall–Kier alpha value is -1.86. The van der Waals surface area contributed by atoms with Crippen molar-refractivity contribution in [3.8, 4) is 0 Å². The van der Waals surface area contributed by atoms with Gasteiger partial charge in [0, 0.05) is 18.5 Å². The lowest BCUT2D eigenvalue weighted by molar-refractivity contribution is 0.600. The molecule has 2 rings (SSSR count). The maximum atomic E-state index is 11.9. The van der Waals surface area contributed by atoms with Crippen LogP contribution in [0.1, 0.15) is 0 Å². The fraction of sp³-hybridized carbons (Fsp3) is 0. The Labute approximate surface area is 108 Å². The number of aromatic amines is 1. The molecular weight excluding hydrogens is 278 g/mol. The first-order chi connectivity index (χ1) is 8.49. The highest BCUT2D eigenvalue weighted by Crippen LogP contribution is 2.22. The van der Waals surface area contributed by atoms with Crippen LogP contribution in [0.3, 0.4) is 0 Å². The number of aromatic nitrogens is 2. The van der Waals surface area contributed by atoms with Gasteiger partial charge in [0.1, 0.15) is 4.90 Å². The molecule has 0 aromatic carbocycles. The van der Waals surface area contributed by atoms with Gasteiger partial charge >= 0.3 is 0 Å². The summed E-state index contributed by atoms with van der Waals surface area (Å²) < 4.78 is 26.2. The lowest BCUT2D eigenvalue weighted by Crippen LogP contribution is -2.15. The fourth-order valence-electron chi connectivity index (χ4n) is 1.22. The van der Waals surface area contributed by atoms with Gasteiger partial charge in [-0.15, -0.1) is 0 Å². The van der Waals surface area contributed by atoms with Crippen molar-refractivity contribution < 1.29 is 8.42 Å². The minimum absolute atomic E-state index is 0.0676. The summed E-state index contributed by atoms with van der Waals surface area (Å²) in [7, 11) is -3.80. The van der Waals surface area contributed by atoms with Crippen LogP contribution in [0, 0.1) is 0 Å². The summed E-state index contributed by atoms with van der Waals surface area (Å²) in [5.41, 5.74) is -0.210. The number of sulfonamides is 1. The van der Waals surface area contributed by atoms with Crippen LogP contribution in [-0.2, 0) is 10.0 Å². The lowest BCUT2D eigenvalue weighted by atomic mass is 10.4. The molecule has 0 aliphatic rings. The van der Waals surface area contributed by atoms with E-state index in [1.807, 2.05) is 0 Å². The van der Waals surface area contributed by atoms with Crippen molar-refractivity contribution in [3.63, 3.8) is 0 Å². The van der Waals surface area contributed by atoms with Crippen LogP contribution in [0.4, 0.5) is 5.69 Å². The van der Waals surface area contributed by atoms with Gasteiger partial charge in [0.25, 0.3) is 10.0 Å². The van der Waals surface area contributed by atoms with E-state index in [4.69, 9.17) is 11.6 Å². The third-order valence-electron chi connectivity index (χ3n) is 2.08. The molecule has 0 aliphatic heterocycles. The second-order valence-corrected chi connectivity index (χ2v) is 5.44. The van der Waals surface area contributed by atoms with E-state index in [1.165, 1.54) is 24.5 Å². The molecule has 0 fully saturated rings. The molecule has 0 spiro atoms. The molecule has 2 N–H and O–H groups in total. The molecule has 6 nitrogen and oxygen atoms in total. The van der Waals surface area contributed by atoms with Crippen molar-refractivity contribution >= 4 is 27.3 Å². The van der Waals surface area contributed by atoms with Gasteiger partial charge < -0.3 is 4.98 Å². The number of halogens is 1. The van der Waals surface area contributed by atoms with Gasteiger partial charge in [0.05, 0.1) is 16.9 Å². The molecule has 2 aromatic rings. The first-order valence-electron chi connectivity index (χ1n) is 4.80. The number of nitrogens with zero attached hydrogens (tertiary/aromatic N) is 1. The van der Waals surface area contributed by atoms with Crippen molar-refractivity contribution in [3.05, 3.63) is 52.2 Å². The number of nitrogens with one attached hydrogen (secondary N) is 2. The Morgan fingerprint density at radius 1 is 1.28 bits per heavy atom. The van der Waals surface area contributed by atoms with Gasteiger partial charge in [0.2, 0.25) is 5.56 Å². The fourth-order valence-corrected chi connectivity index (χ4v) is 2.46. The summed E-state index contributed by atoms with van der Waals surface area (Å²) in [5.74, 6) is 0. The van der Waals surface area contributed by atoms with E-state index in [-0.39, 0.29) is 21.2 Å². The average molecular weight is 286 g/mol. The Balaban J connectivity index is 2.36. The zero-order valence-electron chi connectivity index (χ0n) is 8.92. The van der Waals surface area contributed by atoms with Gasteiger partial charge in [-0.2, -0.15) is 0 Å². The molecular formula is C10H8ClN3O3S. The molecule has 0 saturated heterocycles. The molecule has 2 heterocycles. The number of H-pyrrole nitrogens is 1. The van der Waals surface area contributed by atoms with Crippen molar-refractivity contribution in [1.82, 2.24) is 9.97 Å². The highest BCUT2D eigenvalue weighted by Gasteiger charge is 2.15. The highest BCUT2D eigenvalue weighted by molar-refractivity contribution is 7.92. The van der Waals surface area contributed by atoms with Crippen molar-refractivity contribution in [1.29, 1.82) is 0 Å². The molecule has 0 bridgehead atoms. The Bertz CT molecular complexity index is 707. The third-order valence-corrected chi connectivity index (χ3v) is 3.77. The summed E-state index contributed by atoms with van der Waals surface area (Å²) in [5, 5.41) is 0.234. The SMILES string of the molecule is O=c1ccc(S(=O)(=O)Nc2cnccc2Cl)c[nH]1. The number of pyridine rings is 2. The first-order valence-corrected chi connectivity index (χ1v) is 6.66. The molecule has 0 radical (unpaired) electrons. The number of hydrogen-bond donors (Lipinski definition) is 2. The second kappa shape index (κ2) is 4.79. The Morgan fingerprint density at radius 2 is 2.06 bits per heavy atom. The quantitative estimate of drug-likeness (QED) is 0.887. The summed E-state index contributed by atoms with van der Waals surface area (Å²) in [6.07, 6.45) is 3.85. The summed E-state index contributed by atoms with van der Waals surface area (Å²) in [6, 6.07) is 3.79. The van der Waals surface area contributed by atoms with Gasteiger partial charge in [-0.1, -0.05) is 11.6 Å². The molecule has 0 aliphatic carbocycles. The van der Waals surface area contributed by atoms with E-state index in [1.54, 1.807) is 0 Å². The molecule has 8 heteroatoms. The van der Waals surface area contributed by atoms with E-state index < -0.39 is 10.0 Å². The number of hydrogen-bond acceptors (Lipinski definition) is 4. The van der Waals surface area contributed by atoms with E-state index in [9.17, 15) is 13.2 Å². The van der Waals surface area contributed by atoms with Gasteiger partial charge in [-0.3, -0.25) is 14.5 Å². The minimum atomic E-state index is -3.80. The summed E-state index contributed by atoms with van der Waals surface area (Å²) >= 11 is 5.82. The minimum Gasteiger partial charge on any atom is -0.328 e. The monoisotopic (exact) mass is 285 g/mol. The van der Waals surface area contributed by atoms with Crippen LogP contribution in [0.5, 0.6) is 0 Å². The summed E-state index contributed by atoms with van der Waals surface area (Å²) in [6.45, 7) is 0. The van der Waals surface area contributed by atoms with Crippen LogP contribution < -0.4 is 10.3 Å². The smallest absolute Gasteiger partial charge is 0.263 e. The third kappa shape index (κ3) is 2.69. The van der Waals surface area contributed by atoms with E-state index in [0.717, 1.165) is 12.3 Å². The number of rotatable bonds is 3. The van der Waals surface area contributed by atoms with Crippen LogP contribution in [0.25, 0.3) is 0 Å². The maximum absolute atomic E-state index is 11.9. The van der Waals surface area contributed by atoms with Crippen molar-refractivity contribution in [2.75, 3.05) is 4.72 Å². The van der Waals surface area contributed by atoms with E-state index >= 15 is 0 Å². The molecule has 0 saturated carbocycles. The lowest BCUT2D eigenvalue weighted by Gasteiger charge is -2.08. The molecule has 94 valence electrons. The van der Waals surface area contributed by atoms with E-state index in [0.29, 0.717) is 0 Å². The molecule has 0 amide bonds. The second-order valence-electron chi connectivity index (χ2n) is 3.35. The van der Waals surface area contributed by atoms with Gasteiger partial charge in [-0.25, -0.2) is 8.42 Å². The summed E-state index contributed by atoms with van der Waals surface area (Å²) in [4.78, 5) is 16.8. The van der Waals surface area contributed by atoms with Gasteiger partial charge in [-0.05, 0) is 12.1 Å². The molecule has 0 unspecified atom stereocenters. The van der Waals surface area contributed by atoms with Crippen LogP contribution in [0.2, 0.25) is 5.02 Å². The van der Waals surface area contributed by atoms with Crippen LogP contribution >= 0.6 is 11.6 Å². The van der Waals surface area contributed by atoms with E-state index in [2.05, 4.69) is 14.7 Å². The van der Waals surface area contributed by atoms with Crippen LogP contribution in [-0.4, -0.2) is 18.4 Å². The molecule has 18 heavy (non-hydrogen) atoms. The zero-order valence-corrected chi connectivity index (χ0v) is 10.5. The maximum Gasteiger partial charge on any atom is 0.263 e. The first kappa shape index (κ1) is 12.6. The molecule has 0 atom stereocenters. The topological polar surface area (TPSA) is 91.9 Å². The molecule has 2 aromatic heterocycles. The standard InChI is InChI=1S/C10H8ClN3O3S/c11-8-3-4-12-6-9(8)14-18(16,17)7-1-2-10(15)13-5-7/h1-6,14H,(H,13,15). The van der Waals surface area contributed by atoms with Crippen molar-refractivity contribution in [2.45, 2.75) is 4.90 Å². The zero-order chi connectivity index (χ0) is 13.2. The Kier molecular flexibility index (Phi) is 3.35. The predicted molar refractivity (Wildman–Crippen MR) is 67.1 cm³/mol. The van der Waals surface area contributed by atoms with Gasteiger partial charge in [0.15, 0.2) is 0 Å².